The number of aliphatic carboxylic acids is 2. The molecule has 61 heavy (non-hydrogen) atoms. The highest BCUT2D eigenvalue weighted by molar-refractivity contribution is 5.98. The second-order valence-electron chi connectivity index (χ2n) is 15.2. The van der Waals surface area contributed by atoms with Gasteiger partial charge in [0, 0.05) is 6.42 Å². The van der Waals surface area contributed by atoms with E-state index in [1.807, 2.05) is 0 Å². The first-order chi connectivity index (χ1) is 28.4. The third kappa shape index (κ3) is 22.6. The van der Waals surface area contributed by atoms with Crippen LogP contribution in [0.1, 0.15) is 98.8 Å². The zero-order chi connectivity index (χ0) is 47.0. The lowest BCUT2D eigenvalue weighted by Crippen LogP contribution is -2.62. The van der Waals surface area contributed by atoms with Crippen molar-refractivity contribution in [3.05, 3.63) is 0 Å². The van der Waals surface area contributed by atoms with Crippen molar-refractivity contribution in [2.24, 2.45) is 28.9 Å². The molecule has 0 rings (SSSR count). The zero-order valence-corrected chi connectivity index (χ0v) is 35.5. The molecular weight excluding hydrogens is 806 g/mol. The Morgan fingerprint density at radius 1 is 0.525 bits per heavy atom. The summed E-state index contributed by atoms with van der Waals surface area (Å²) in [5.41, 5.74) is 22.4. The molecule has 0 aromatic carbocycles. The second kappa shape index (κ2) is 28.9. The molecule has 0 heterocycles. The summed E-state index contributed by atoms with van der Waals surface area (Å²) in [6, 6.07) is -11.3. The van der Waals surface area contributed by atoms with Crippen molar-refractivity contribution < 1.29 is 63.3 Å². The lowest BCUT2D eigenvalue weighted by atomic mass is 10.0. The van der Waals surface area contributed by atoms with E-state index in [0.717, 1.165) is 13.8 Å². The quantitative estimate of drug-likeness (QED) is 0.0291. The van der Waals surface area contributed by atoms with Crippen LogP contribution < -0.4 is 60.2 Å². The van der Waals surface area contributed by atoms with E-state index < -0.39 is 133 Å². The third-order valence-corrected chi connectivity index (χ3v) is 9.09. The van der Waals surface area contributed by atoms with Crippen LogP contribution in [-0.4, -0.2) is 142 Å². The van der Waals surface area contributed by atoms with E-state index in [2.05, 4.69) is 37.2 Å². The van der Waals surface area contributed by atoms with E-state index in [1.165, 1.54) is 6.92 Å². The normalized spacial score (nSPS) is 15.5. The maximum Gasteiger partial charge on any atom is 0.325 e. The number of nitrogens with one attached hydrogen (secondary N) is 7. The molecule has 0 saturated heterocycles. The zero-order valence-electron chi connectivity index (χ0n) is 35.5. The van der Waals surface area contributed by atoms with E-state index in [4.69, 9.17) is 33.1 Å². The maximum absolute atomic E-state index is 13.6. The van der Waals surface area contributed by atoms with Crippen molar-refractivity contribution in [2.45, 2.75) is 153 Å². The van der Waals surface area contributed by atoms with Crippen LogP contribution in [-0.2, 0) is 47.9 Å². The Kier molecular flexibility index (Phi) is 26.3. The summed E-state index contributed by atoms with van der Waals surface area (Å²) in [5, 5.41) is 45.2. The summed E-state index contributed by atoms with van der Waals surface area (Å²) in [7, 11) is 0. The highest BCUT2D eigenvalue weighted by Crippen LogP contribution is 2.09. The van der Waals surface area contributed by atoms with Crippen LogP contribution in [0.2, 0.25) is 0 Å². The van der Waals surface area contributed by atoms with Gasteiger partial charge in [-0.15, -0.1) is 0 Å². The fraction of sp³-hybridized carbons (Fsp3) is 0.730. The molecule has 0 saturated carbocycles. The van der Waals surface area contributed by atoms with Crippen molar-refractivity contribution in [2.75, 3.05) is 13.1 Å². The van der Waals surface area contributed by atoms with Gasteiger partial charge in [-0.3, -0.25) is 47.9 Å². The predicted octanol–water partition coefficient (Wildman–Crippen LogP) is -4.74. The van der Waals surface area contributed by atoms with Gasteiger partial charge in [-0.05, 0) is 84.7 Å². The molecule has 0 radical (unpaired) electrons. The molecule has 0 aromatic heterocycles. The fourth-order valence-electron chi connectivity index (χ4n) is 5.57. The van der Waals surface area contributed by atoms with Gasteiger partial charge < -0.3 is 75.5 Å². The standard InChI is InChI=1S/C37H67N11O13/c1-18(2)16-25(46-30(53)19(3)42-32(55)23(11-7-9-15-39)44-31(54)22(40)10-6-8-14-38)35(58)48-29(21(5)49)36(59)47-26(17-27(41)50)34(57)45-24(12-13-28(51)52)33(56)43-20(4)37(60)61/h18-26,29,49H,6-17,38-40H2,1-5H3,(H2,41,50)(H,42,55)(H,43,56)(H,44,54)(H,45,57)(H,46,53)(H,47,59)(H,48,58)(H,51,52)(H,60,61). The Labute approximate surface area is 354 Å². The van der Waals surface area contributed by atoms with Gasteiger partial charge in [0.25, 0.3) is 0 Å². The van der Waals surface area contributed by atoms with Crippen LogP contribution in [0.25, 0.3) is 0 Å². The number of nitrogens with two attached hydrogens (primary N) is 4. The monoisotopic (exact) mass is 873 g/mol. The molecule has 348 valence electrons. The van der Waals surface area contributed by atoms with Crippen LogP contribution in [0.3, 0.4) is 0 Å². The number of carbonyl (C=O) groups excluding carboxylic acids is 8. The van der Waals surface area contributed by atoms with Crippen molar-refractivity contribution in [1.29, 1.82) is 0 Å². The molecule has 24 heteroatoms. The van der Waals surface area contributed by atoms with E-state index in [9.17, 15) is 53.1 Å². The van der Waals surface area contributed by atoms with Gasteiger partial charge in [0.2, 0.25) is 47.3 Å². The van der Waals surface area contributed by atoms with Crippen LogP contribution in [0.5, 0.6) is 0 Å². The molecule has 24 nitrogen and oxygen atoms in total. The Bertz CT molecular complexity index is 1510. The van der Waals surface area contributed by atoms with Crippen molar-refractivity contribution in [3.63, 3.8) is 0 Å². The first kappa shape index (κ1) is 55.5. The molecule has 9 unspecified atom stereocenters. The number of carboxylic acids is 2. The topological polar surface area (TPSA) is 420 Å². The molecule has 0 aliphatic carbocycles. The number of hydrogen-bond donors (Lipinski definition) is 14. The van der Waals surface area contributed by atoms with Gasteiger partial charge in [0.15, 0.2) is 0 Å². The molecule has 0 fully saturated rings. The predicted molar refractivity (Wildman–Crippen MR) is 218 cm³/mol. The average molecular weight is 874 g/mol. The molecule has 0 aliphatic heterocycles. The molecular formula is C37H67N11O13. The summed E-state index contributed by atoms with van der Waals surface area (Å²) < 4.78 is 0. The number of unbranched alkanes of at least 4 members (excludes halogenated alkanes) is 2. The second-order valence-corrected chi connectivity index (χ2v) is 15.2. The Hall–Kier alpha value is -5.46. The van der Waals surface area contributed by atoms with Gasteiger partial charge in [-0.1, -0.05) is 20.3 Å². The largest absolute Gasteiger partial charge is 0.481 e. The molecule has 0 aliphatic rings. The van der Waals surface area contributed by atoms with Crippen LogP contribution in [0, 0.1) is 5.92 Å². The van der Waals surface area contributed by atoms with Crippen molar-refractivity contribution >= 4 is 59.2 Å². The minimum atomic E-state index is -1.84. The first-order valence-corrected chi connectivity index (χ1v) is 20.1. The summed E-state index contributed by atoms with van der Waals surface area (Å²) in [6.07, 6.45) is -0.880. The Balaban J connectivity index is 6.11. The molecule has 0 bridgehead atoms. The van der Waals surface area contributed by atoms with Gasteiger partial charge in [-0.25, -0.2) is 0 Å². The molecule has 18 N–H and O–H groups in total. The van der Waals surface area contributed by atoms with Crippen molar-refractivity contribution in [1.82, 2.24) is 37.2 Å². The number of primary amides is 1. The Morgan fingerprint density at radius 2 is 0.984 bits per heavy atom. The average Bonchev–Trinajstić information content (AvgIpc) is 3.16. The van der Waals surface area contributed by atoms with Gasteiger partial charge in [0.1, 0.15) is 42.3 Å². The van der Waals surface area contributed by atoms with Crippen LogP contribution in [0.4, 0.5) is 0 Å². The highest BCUT2D eigenvalue weighted by Gasteiger charge is 2.35. The number of carbonyl (C=O) groups is 10. The minimum Gasteiger partial charge on any atom is -0.481 e. The summed E-state index contributed by atoms with van der Waals surface area (Å²) in [6.45, 7) is 7.80. The molecule has 8 amide bonds. The summed E-state index contributed by atoms with van der Waals surface area (Å²) >= 11 is 0. The van der Waals surface area contributed by atoms with Gasteiger partial charge in [-0.2, -0.15) is 0 Å². The van der Waals surface area contributed by atoms with E-state index >= 15 is 0 Å². The highest BCUT2D eigenvalue weighted by atomic mass is 16.4. The Morgan fingerprint density at radius 3 is 1.48 bits per heavy atom. The van der Waals surface area contributed by atoms with Crippen LogP contribution >= 0.6 is 0 Å². The molecule has 0 aromatic rings. The lowest BCUT2D eigenvalue weighted by Gasteiger charge is -2.28. The van der Waals surface area contributed by atoms with Gasteiger partial charge >= 0.3 is 11.9 Å². The van der Waals surface area contributed by atoms with E-state index in [1.54, 1.807) is 13.8 Å². The maximum atomic E-state index is 13.6. The fourth-order valence-corrected chi connectivity index (χ4v) is 5.57. The van der Waals surface area contributed by atoms with Crippen LogP contribution in [0.15, 0.2) is 0 Å². The number of aliphatic hydroxyl groups is 1. The molecule has 9 atom stereocenters. The lowest BCUT2D eigenvalue weighted by molar-refractivity contribution is -0.142. The van der Waals surface area contributed by atoms with Gasteiger partial charge in [0.05, 0.1) is 18.6 Å². The smallest absolute Gasteiger partial charge is 0.325 e. The molecule has 0 spiro atoms. The SMILES string of the molecule is CC(C)CC(NC(=O)C(C)NC(=O)C(CCCCN)NC(=O)C(N)CCCCN)C(=O)NC(C(=O)NC(CC(N)=O)C(=O)NC(CCC(=O)O)C(=O)NC(C)C(=O)O)C(C)O. The summed E-state index contributed by atoms with van der Waals surface area (Å²) in [5.74, 6) is -10.7. The van der Waals surface area contributed by atoms with E-state index in [0.29, 0.717) is 45.2 Å². The minimum absolute atomic E-state index is 0.000792. The number of carboxylic acid groups (broad SMARTS) is 2. The third-order valence-electron chi connectivity index (χ3n) is 9.09. The summed E-state index contributed by atoms with van der Waals surface area (Å²) in [4.78, 5) is 127. The first-order valence-electron chi connectivity index (χ1n) is 20.1. The van der Waals surface area contributed by atoms with E-state index in [-0.39, 0.29) is 18.8 Å². The number of rotatable bonds is 31. The number of aliphatic hydroxyl groups excluding tert-OH is 1. The van der Waals surface area contributed by atoms with Crippen molar-refractivity contribution in [3.8, 4) is 0 Å². The number of hydrogen-bond acceptors (Lipinski definition) is 14. The number of amides is 8.